The van der Waals surface area contributed by atoms with Crippen molar-refractivity contribution >= 4 is 27.5 Å². The first-order chi connectivity index (χ1) is 13.5. The normalized spacial score (nSPS) is 14.6. The fourth-order valence-corrected chi connectivity index (χ4v) is 4.33. The minimum atomic E-state index is -4.96. The van der Waals surface area contributed by atoms with Gasteiger partial charge in [0, 0.05) is 24.7 Å². The van der Waals surface area contributed by atoms with Gasteiger partial charge < -0.3 is 4.90 Å². The van der Waals surface area contributed by atoms with Crippen LogP contribution in [0.2, 0.25) is 5.02 Å². The number of rotatable bonds is 4. The molecule has 0 aliphatic carbocycles. The van der Waals surface area contributed by atoms with Crippen LogP contribution in [-0.4, -0.2) is 31.9 Å². The molecule has 1 aliphatic heterocycles. The summed E-state index contributed by atoms with van der Waals surface area (Å²) in [6.07, 6.45) is -4.73. The molecule has 0 saturated heterocycles. The summed E-state index contributed by atoms with van der Waals surface area (Å²) in [5.74, 6) is -1.93. The Morgan fingerprint density at radius 1 is 1.17 bits per heavy atom. The van der Waals surface area contributed by atoms with Gasteiger partial charge >= 0.3 is 12.1 Å². The lowest BCUT2D eigenvalue weighted by Gasteiger charge is -2.29. The Morgan fingerprint density at radius 2 is 1.90 bits per heavy atom. The van der Waals surface area contributed by atoms with E-state index in [4.69, 9.17) is 11.6 Å². The Hall–Kier alpha value is -2.10. The van der Waals surface area contributed by atoms with Crippen LogP contribution in [0.1, 0.15) is 22.3 Å². The highest BCUT2D eigenvalue weighted by Gasteiger charge is 2.43. The van der Waals surface area contributed by atoms with Crippen LogP contribution in [0.4, 0.5) is 13.2 Å². The van der Waals surface area contributed by atoms with Crippen molar-refractivity contribution in [1.29, 1.82) is 0 Å². The summed E-state index contributed by atoms with van der Waals surface area (Å²) in [4.78, 5) is 12.1. The lowest BCUT2D eigenvalue weighted by Crippen LogP contribution is -2.43. The minimum Gasteiger partial charge on any atom is -0.330 e. The van der Waals surface area contributed by atoms with E-state index in [1.807, 2.05) is 6.92 Å². The maximum atomic E-state index is 12.7. The second-order valence-corrected chi connectivity index (χ2v) is 8.99. The fraction of sp³-hybridized carbons (Fsp3) is 0.316. The van der Waals surface area contributed by atoms with E-state index in [2.05, 4.69) is 4.72 Å². The molecule has 0 fully saturated rings. The van der Waals surface area contributed by atoms with Crippen molar-refractivity contribution < 1.29 is 26.4 Å². The highest BCUT2D eigenvalue weighted by Crippen LogP contribution is 2.26. The highest BCUT2D eigenvalue weighted by atomic mass is 35.5. The van der Waals surface area contributed by atoms with Crippen LogP contribution in [0, 0.1) is 6.92 Å². The van der Waals surface area contributed by atoms with E-state index in [1.54, 1.807) is 24.3 Å². The Bertz CT molecular complexity index is 1060. The van der Waals surface area contributed by atoms with Gasteiger partial charge in [-0.25, -0.2) is 13.1 Å². The molecule has 0 bridgehead atoms. The van der Waals surface area contributed by atoms with Gasteiger partial charge in [0.25, 0.3) is 0 Å². The number of hydrogen-bond donors (Lipinski definition) is 1. The molecule has 0 atom stereocenters. The molecule has 29 heavy (non-hydrogen) atoms. The predicted molar refractivity (Wildman–Crippen MR) is 102 cm³/mol. The molecule has 156 valence electrons. The first kappa shape index (κ1) is 21.6. The van der Waals surface area contributed by atoms with E-state index < -0.39 is 22.1 Å². The van der Waals surface area contributed by atoms with Gasteiger partial charge in [-0.2, -0.15) is 13.2 Å². The van der Waals surface area contributed by atoms with Crippen molar-refractivity contribution in [3.8, 4) is 0 Å². The SMILES string of the molecule is Cc1ccc(CNS(=O)(=O)c2ccc3c(c2)CN(C(=O)C(F)(F)F)CC3)cc1Cl. The van der Waals surface area contributed by atoms with Crippen LogP contribution in [-0.2, 0) is 34.3 Å². The van der Waals surface area contributed by atoms with E-state index in [1.165, 1.54) is 12.1 Å². The summed E-state index contributed by atoms with van der Waals surface area (Å²) in [5, 5.41) is 0.518. The van der Waals surface area contributed by atoms with Crippen LogP contribution >= 0.6 is 11.6 Å². The third kappa shape index (κ3) is 4.91. The van der Waals surface area contributed by atoms with E-state index in [0.29, 0.717) is 21.0 Å². The molecule has 0 saturated carbocycles. The average Bonchev–Trinajstić information content (AvgIpc) is 2.66. The molecule has 0 aromatic heterocycles. The van der Waals surface area contributed by atoms with Gasteiger partial charge in [-0.1, -0.05) is 29.8 Å². The minimum absolute atomic E-state index is 0.0120. The Morgan fingerprint density at radius 3 is 2.55 bits per heavy atom. The number of halogens is 4. The zero-order valence-electron chi connectivity index (χ0n) is 15.4. The van der Waals surface area contributed by atoms with Crippen molar-refractivity contribution in [1.82, 2.24) is 9.62 Å². The Kier molecular flexibility index (Phi) is 5.93. The van der Waals surface area contributed by atoms with Crippen molar-refractivity contribution in [2.75, 3.05) is 6.54 Å². The van der Waals surface area contributed by atoms with Crippen LogP contribution in [0.5, 0.6) is 0 Å². The molecule has 1 aliphatic rings. The van der Waals surface area contributed by atoms with Crippen molar-refractivity contribution in [3.63, 3.8) is 0 Å². The number of amides is 1. The standard InChI is InChI=1S/C19H18ClF3N2O3S/c1-12-2-3-13(8-17(12)20)10-24-29(27,28)16-5-4-14-6-7-25(11-15(14)9-16)18(26)19(21,22)23/h2-5,8-9,24H,6-7,10-11H2,1H3. The number of nitrogens with one attached hydrogen (secondary N) is 1. The zero-order valence-corrected chi connectivity index (χ0v) is 17.0. The van der Waals surface area contributed by atoms with Gasteiger partial charge in [-0.15, -0.1) is 0 Å². The summed E-state index contributed by atoms with van der Waals surface area (Å²) in [6, 6.07) is 9.48. The molecule has 10 heteroatoms. The summed E-state index contributed by atoms with van der Waals surface area (Å²) in [7, 11) is -3.90. The van der Waals surface area contributed by atoms with Gasteiger partial charge in [-0.3, -0.25) is 4.79 Å². The average molecular weight is 447 g/mol. The number of alkyl halides is 3. The van der Waals surface area contributed by atoms with E-state index in [9.17, 15) is 26.4 Å². The van der Waals surface area contributed by atoms with Crippen molar-refractivity contribution in [2.24, 2.45) is 0 Å². The first-order valence-corrected chi connectivity index (χ1v) is 10.6. The second kappa shape index (κ2) is 7.97. The monoisotopic (exact) mass is 446 g/mol. The molecule has 1 amide bonds. The molecule has 0 spiro atoms. The Balaban J connectivity index is 1.77. The first-order valence-electron chi connectivity index (χ1n) is 8.70. The van der Waals surface area contributed by atoms with Gasteiger partial charge in [0.1, 0.15) is 0 Å². The highest BCUT2D eigenvalue weighted by molar-refractivity contribution is 7.89. The third-order valence-corrected chi connectivity index (χ3v) is 6.54. The number of sulfonamides is 1. The molecule has 1 heterocycles. The lowest BCUT2D eigenvalue weighted by atomic mass is 10.00. The topological polar surface area (TPSA) is 66.5 Å². The fourth-order valence-electron chi connectivity index (χ4n) is 3.06. The van der Waals surface area contributed by atoms with Gasteiger partial charge in [0.2, 0.25) is 10.0 Å². The summed E-state index contributed by atoms with van der Waals surface area (Å²) >= 11 is 6.04. The van der Waals surface area contributed by atoms with Crippen LogP contribution < -0.4 is 4.72 Å². The predicted octanol–water partition coefficient (Wildman–Crippen LogP) is 3.57. The van der Waals surface area contributed by atoms with Crippen LogP contribution in [0.25, 0.3) is 0 Å². The molecule has 2 aromatic carbocycles. The smallest absolute Gasteiger partial charge is 0.330 e. The largest absolute Gasteiger partial charge is 0.471 e. The number of hydrogen-bond acceptors (Lipinski definition) is 3. The molecule has 3 rings (SSSR count). The van der Waals surface area contributed by atoms with Crippen LogP contribution in [0.3, 0.4) is 0 Å². The van der Waals surface area contributed by atoms with Gasteiger partial charge in [-0.05, 0) is 53.8 Å². The zero-order chi connectivity index (χ0) is 21.4. The third-order valence-electron chi connectivity index (χ3n) is 4.73. The quantitative estimate of drug-likeness (QED) is 0.780. The van der Waals surface area contributed by atoms with Crippen LogP contribution in [0.15, 0.2) is 41.3 Å². The summed E-state index contributed by atoms with van der Waals surface area (Å²) in [5.41, 5.74) is 2.64. The number of carbonyl (C=O) groups is 1. The second-order valence-electron chi connectivity index (χ2n) is 6.81. The number of fused-ring (bicyclic) bond motifs is 1. The molecular formula is C19H18ClF3N2O3S. The Labute approximate surface area is 171 Å². The molecule has 2 aromatic rings. The van der Waals surface area contributed by atoms with Crippen molar-refractivity contribution in [3.05, 3.63) is 63.7 Å². The number of carbonyl (C=O) groups excluding carboxylic acids is 1. The molecule has 5 nitrogen and oxygen atoms in total. The maximum absolute atomic E-state index is 12.7. The van der Waals surface area contributed by atoms with Crippen molar-refractivity contribution in [2.45, 2.75) is 37.5 Å². The summed E-state index contributed by atoms with van der Waals surface area (Å²) in [6.45, 7) is 1.49. The molecule has 1 N–H and O–H groups in total. The number of benzene rings is 2. The molecule has 0 unspecified atom stereocenters. The summed E-state index contributed by atoms with van der Waals surface area (Å²) < 4.78 is 65.7. The van der Waals surface area contributed by atoms with Gasteiger partial charge in [0.15, 0.2) is 0 Å². The molecule has 0 radical (unpaired) electrons. The van der Waals surface area contributed by atoms with E-state index in [-0.39, 0.29) is 31.0 Å². The number of aryl methyl sites for hydroxylation is 1. The van der Waals surface area contributed by atoms with Gasteiger partial charge in [0.05, 0.1) is 4.90 Å². The maximum Gasteiger partial charge on any atom is 0.471 e. The van der Waals surface area contributed by atoms with E-state index in [0.717, 1.165) is 11.1 Å². The number of nitrogens with zero attached hydrogens (tertiary/aromatic N) is 1. The molecular weight excluding hydrogens is 429 g/mol. The van der Waals surface area contributed by atoms with E-state index >= 15 is 0 Å². The lowest BCUT2D eigenvalue weighted by molar-refractivity contribution is -0.186.